The minimum atomic E-state index is -0.295. The smallest absolute Gasteiger partial charge is 0.261 e. The van der Waals surface area contributed by atoms with E-state index < -0.39 is 0 Å². The van der Waals surface area contributed by atoms with Crippen molar-refractivity contribution in [1.29, 1.82) is 0 Å². The van der Waals surface area contributed by atoms with E-state index in [-0.39, 0.29) is 17.7 Å². The molecular formula is C26H31N3O3. The van der Waals surface area contributed by atoms with Gasteiger partial charge < -0.3 is 5.32 Å². The molecule has 2 aromatic carbocycles. The lowest BCUT2D eigenvalue weighted by atomic mass is 9.97. The first-order chi connectivity index (χ1) is 15.6. The van der Waals surface area contributed by atoms with E-state index in [1.165, 1.54) is 10.5 Å². The second-order valence-corrected chi connectivity index (χ2v) is 8.81. The zero-order valence-corrected chi connectivity index (χ0v) is 18.7. The van der Waals surface area contributed by atoms with Crippen LogP contribution in [0.3, 0.4) is 0 Å². The number of likely N-dealkylation sites (tertiary alicyclic amines) is 1. The van der Waals surface area contributed by atoms with E-state index >= 15 is 0 Å². The highest BCUT2D eigenvalue weighted by Gasteiger charge is 2.35. The Kier molecular flexibility index (Phi) is 7.00. The first-order valence-corrected chi connectivity index (χ1v) is 11.6. The predicted molar refractivity (Wildman–Crippen MR) is 123 cm³/mol. The van der Waals surface area contributed by atoms with E-state index in [4.69, 9.17) is 0 Å². The van der Waals surface area contributed by atoms with Crippen LogP contribution >= 0.6 is 0 Å². The van der Waals surface area contributed by atoms with Gasteiger partial charge in [-0.3, -0.25) is 24.2 Å². The molecule has 1 unspecified atom stereocenters. The molecule has 1 atom stereocenters. The summed E-state index contributed by atoms with van der Waals surface area (Å²) in [6.45, 7) is 6.02. The first-order valence-electron chi connectivity index (χ1n) is 11.6. The molecule has 4 rings (SSSR count). The Balaban J connectivity index is 1.33. The van der Waals surface area contributed by atoms with Gasteiger partial charge in [0.1, 0.15) is 0 Å². The van der Waals surface area contributed by atoms with Gasteiger partial charge in [-0.2, -0.15) is 0 Å². The van der Waals surface area contributed by atoms with E-state index in [2.05, 4.69) is 34.5 Å². The molecule has 0 saturated carbocycles. The van der Waals surface area contributed by atoms with Crippen molar-refractivity contribution in [3.05, 3.63) is 70.8 Å². The van der Waals surface area contributed by atoms with Crippen molar-refractivity contribution >= 4 is 17.7 Å². The Hall–Kier alpha value is -2.99. The summed E-state index contributed by atoms with van der Waals surface area (Å²) in [5.41, 5.74) is 2.47. The van der Waals surface area contributed by atoms with Gasteiger partial charge in [-0.1, -0.05) is 43.7 Å². The maximum atomic E-state index is 12.8. The van der Waals surface area contributed by atoms with Crippen molar-refractivity contribution in [1.82, 2.24) is 15.1 Å². The number of hydrogen-bond donors (Lipinski definition) is 1. The molecule has 2 aliphatic rings. The van der Waals surface area contributed by atoms with E-state index in [0.29, 0.717) is 35.7 Å². The molecule has 2 aliphatic heterocycles. The third-order valence-electron chi connectivity index (χ3n) is 6.37. The van der Waals surface area contributed by atoms with E-state index in [1.807, 2.05) is 13.0 Å². The molecule has 2 aromatic rings. The van der Waals surface area contributed by atoms with Gasteiger partial charge in [-0.15, -0.1) is 0 Å². The Morgan fingerprint density at radius 1 is 1.06 bits per heavy atom. The second-order valence-electron chi connectivity index (χ2n) is 8.81. The topological polar surface area (TPSA) is 69.7 Å². The number of unbranched alkanes of at least 4 members (excludes halogenated alkanes) is 1. The zero-order chi connectivity index (χ0) is 22.5. The number of amides is 3. The molecule has 1 N–H and O–H groups in total. The van der Waals surface area contributed by atoms with Crippen molar-refractivity contribution in [2.75, 3.05) is 26.2 Å². The summed E-state index contributed by atoms with van der Waals surface area (Å²) in [6, 6.07) is 15.3. The maximum Gasteiger partial charge on any atom is 0.261 e. The second kappa shape index (κ2) is 10.1. The lowest BCUT2D eigenvalue weighted by Gasteiger charge is -2.32. The van der Waals surface area contributed by atoms with Crippen LogP contribution in [0.25, 0.3) is 0 Å². The van der Waals surface area contributed by atoms with Gasteiger partial charge in [0.15, 0.2) is 0 Å². The quantitative estimate of drug-likeness (QED) is 0.644. The van der Waals surface area contributed by atoms with Gasteiger partial charge in [0.2, 0.25) is 0 Å². The fraction of sp³-hybridized carbons (Fsp3) is 0.423. The largest absolute Gasteiger partial charge is 0.352 e. The molecule has 32 heavy (non-hydrogen) atoms. The van der Waals surface area contributed by atoms with Crippen LogP contribution in [0.1, 0.15) is 69.2 Å². The summed E-state index contributed by atoms with van der Waals surface area (Å²) >= 11 is 0. The lowest BCUT2D eigenvalue weighted by molar-refractivity contribution is 0.0652. The maximum absolute atomic E-state index is 12.8. The normalized spacial score (nSPS) is 18.7. The number of fused-ring (bicyclic) bond motifs is 1. The number of carbonyl (C=O) groups excluding carboxylic acids is 3. The molecule has 2 heterocycles. The van der Waals surface area contributed by atoms with Crippen molar-refractivity contribution < 1.29 is 14.4 Å². The van der Waals surface area contributed by atoms with Crippen LogP contribution in [0, 0.1) is 5.92 Å². The van der Waals surface area contributed by atoms with E-state index in [1.54, 1.807) is 18.2 Å². The standard InChI is InChI=1S/C26H31N3O3/c1-2-3-14-29-25(31)22-12-11-21(15-23(22)26(29)32)24(30)27-16-20-10-7-13-28(18-20)17-19-8-5-4-6-9-19/h4-6,8-9,11-12,15,20H,2-3,7,10,13-14,16-18H2,1H3,(H,27,30). The summed E-state index contributed by atoms with van der Waals surface area (Å²) in [7, 11) is 0. The minimum Gasteiger partial charge on any atom is -0.352 e. The van der Waals surface area contributed by atoms with Crippen LogP contribution in [-0.2, 0) is 6.54 Å². The average Bonchev–Trinajstić information content (AvgIpc) is 3.06. The fourth-order valence-corrected chi connectivity index (χ4v) is 4.59. The molecule has 1 fully saturated rings. The lowest BCUT2D eigenvalue weighted by Crippen LogP contribution is -2.40. The summed E-state index contributed by atoms with van der Waals surface area (Å²) in [5, 5.41) is 3.04. The Morgan fingerprint density at radius 2 is 1.84 bits per heavy atom. The number of piperidine rings is 1. The minimum absolute atomic E-state index is 0.194. The number of hydrogen-bond acceptors (Lipinski definition) is 4. The molecule has 168 valence electrons. The highest BCUT2D eigenvalue weighted by molar-refractivity contribution is 6.22. The molecule has 6 nitrogen and oxygen atoms in total. The summed E-state index contributed by atoms with van der Waals surface area (Å²) in [4.78, 5) is 41.6. The van der Waals surface area contributed by atoms with E-state index in [0.717, 1.165) is 45.3 Å². The Labute approximate surface area is 189 Å². The molecule has 0 radical (unpaired) electrons. The SMILES string of the molecule is CCCCN1C(=O)c2ccc(C(=O)NCC3CCCN(Cc4ccccc4)C3)cc2C1=O. The van der Waals surface area contributed by atoms with Gasteiger partial charge >= 0.3 is 0 Å². The van der Waals surface area contributed by atoms with Gasteiger partial charge in [-0.25, -0.2) is 0 Å². The van der Waals surface area contributed by atoms with Crippen molar-refractivity contribution in [3.8, 4) is 0 Å². The summed E-state index contributed by atoms with van der Waals surface area (Å²) < 4.78 is 0. The number of imide groups is 1. The average molecular weight is 434 g/mol. The van der Waals surface area contributed by atoms with Crippen LogP contribution in [-0.4, -0.2) is 53.7 Å². The number of rotatable bonds is 8. The molecule has 1 saturated heterocycles. The number of carbonyl (C=O) groups is 3. The molecular weight excluding hydrogens is 402 g/mol. The van der Waals surface area contributed by atoms with E-state index in [9.17, 15) is 14.4 Å². The van der Waals surface area contributed by atoms with Crippen LogP contribution < -0.4 is 5.32 Å². The molecule has 0 aromatic heterocycles. The molecule has 0 aliphatic carbocycles. The van der Waals surface area contributed by atoms with Crippen LogP contribution in [0.15, 0.2) is 48.5 Å². The molecule has 0 spiro atoms. The van der Waals surface area contributed by atoms with Gasteiger partial charge in [-0.05, 0) is 55.5 Å². The number of benzene rings is 2. The van der Waals surface area contributed by atoms with Crippen LogP contribution in [0.2, 0.25) is 0 Å². The number of nitrogens with zero attached hydrogens (tertiary/aromatic N) is 2. The summed E-state index contributed by atoms with van der Waals surface area (Å²) in [6.07, 6.45) is 3.90. The molecule has 3 amide bonds. The zero-order valence-electron chi connectivity index (χ0n) is 18.7. The number of nitrogens with one attached hydrogen (secondary N) is 1. The molecule has 6 heteroatoms. The first kappa shape index (κ1) is 22.2. The third-order valence-corrected chi connectivity index (χ3v) is 6.37. The van der Waals surface area contributed by atoms with Gasteiger partial charge in [0.25, 0.3) is 17.7 Å². The third kappa shape index (κ3) is 4.91. The highest BCUT2D eigenvalue weighted by atomic mass is 16.2. The summed E-state index contributed by atoms with van der Waals surface area (Å²) in [5.74, 6) is -0.345. The Morgan fingerprint density at radius 3 is 2.62 bits per heavy atom. The van der Waals surface area contributed by atoms with Gasteiger partial charge in [0, 0.05) is 31.7 Å². The monoisotopic (exact) mass is 433 g/mol. The van der Waals surface area contributed by atoms with Crippen molar-refractivity contribution in [2.24, 2.45) is 5.92 Å². The van der Waals surface area contributed by atoms with Gasteiger partial charge in [0.05, 0.1) is 11.1 Å². The Bertz CT molecular complexity index is 989. The van der Waals surface area contributed by atoms with Crippen molar-refractivity contribution in [3.63, 3.8) is 0 Å². The van der Waals surface area contributed by atoms with Crippen LogP contribution in [0.4, 0.5) is 0 Å². The predicted octanol–water partition coefficient (Wildman–Crippen LogP) is 3.72. The van der Waals surface area contributed by atoms with Crippen LogP contribution in [0.5, 0.6) is 0 Å². The highest BCUT2D eigenvalue weighted by Crippen LogP contribution is 2.25. The molecule has 0 bridgehead atoms. The fourth-order valence-electron chi connectivity index (χ4n) is 4.59. The van der Waals surface area contributed by atoms with Crippen molar-refractivity contribution in [2.45, 2.75) is 39.2 Å².